The highest BCUT2D eigenvalue weighted by Crippen LogP contribution is 2.15. The van der Waals surface area contributed by atoms with Gasteiger partial charge in [-0.2, -0.15) is 0 Å². The fraction of sp³-hybridized carbons (Fsp3) is 0.917. The van der Waals surface area contributed by atoms with Crippen LogP contribution in [0.5, 0.6) is 0 Å². The minimum Gasteiger partial charge on any atom is -0.376 e. The van der Waals surface area contributed by atoms with Crippen LogP contribution in [0.15, 0.2) is 0 Å². The molecule has 1 aliphatic heterocycles. The number of hydrogen-bond acceptors (Lipinski definition) is 3. The Balaban J connectivity index is 2.55. The molecule has 0 aromatic heterocycles. The van der Waals surface area contributed by atoms with E-state index in [0.29, 0.717) is 0 Å². The number of nitrogens with zero attached hydrogens (tertiary/aromatic N) is 1. The molecule has 0 radical (unpaired) electrons. The summed E-state index contributed by atoms with van der Waals surface area (Å²) in [6, 6.07) is 0. The summed E-state index contributed by atoms with van der Waals surface area (Å²) in [5, 5.41) is 3.05. The summed E-state index contributed by atoms with van der Waals surface area (Å²) in [5.74, 6) is 0.146. The summed E-state index contributed by atoms with van der Waals surface area (Å²) in [6.45, 7) is 8.13. The Hall–Kier alpha value is -0.610. The lowest BCUT2D eigenvalue weighted by Gasteiger charge is -2.32. The van der Waals surface area contributed by atoms with Crippen molar-refractivity contribution in [2.24, 2.45) is 0 Å². The predicted octanol–water partition coefficient (Wildman–Crippen LogP) is 1.01. The minimum absolute atomic E-state index is 0.146. The maximum absolute atomic E-state index is 12.2. The van der Waals surface area contributed by atoms with E-state index in [4.69, 9.17) is 4.74 Å². The topological polar surface area (TPSA) is 41.6 Å². The molecule has 0 aliphatic carbocycles. The van der Waals surface area contributed by atoms with Gasteiger partial charge in [0.25, 0.3) is 0 Å². The number of carbonyl (C=O) groups is 1. The first-order valence-electron chi connectivity index (χ1n) is 6.11. The van der Waals surface area contributed by atoms with E-state index in [9.17, 15) is 4.79 Å². The first kappa shape index (κ1) is 13.5. The molecule has 1 amide bonds. The van der Waals surface area contributed by atoms with Gasteiger partial charge < -0.3 is 15.0 Å². The number of hydrogen-bond donors (Lipinski definition) is 1. The number of likely N-dealkylation sites (N-methyl/N-ethyl adjacent to an activating group) is 2. The fourth-order valence-electron chi connectivity index (χ4n) is 1.89. The van der Waals surface area contributed by atoms with E-state index in [1.165, 1.54) is 0 Å². The van der Waals surface area contributed by atoms with Gasteiger partial charge in [-0.1, -0.05) is 0 Å². The summed E-state index contributed by atoms with van der Waals surface area (Å²) in [5.41, 5.74) is -0.491. The van der Waals surface area contributed by atoms with Crippen LogP contribution in [0, 0.1) is 0 Å². The Morgan fingerprint density at radius 2 is 2.25 bits per heavy atom. The second kappa shape index (κ2) is 5.64. The molecule has 1 saturated heterocycles. The third-order valence-electron chi connectivity index (χ3n) is 3.28. The Morgan fingerprint density at radius 3 is 2.69 bits per heavy atom. The first-order chi connectivity index (χ1) is 7.51. The molecule has 0 aromatic rings. The standard InChI is InChI=1S/C12H24N2O2/c1-5-14(9-10-7-6-8-16-10)11(15)12(2,3)13-4/h10,13H,5-9H2,1-4H3. The van der Waals surface area contributed by atoms with Crippen molar-refractivity contribution in [1.29, 1.82) is 0 Å². The number of rotatable bonds is 5. The third-order valence-corrected chi connectivity index (χ3v) is 3.28. The van der Waals surface area contributed by atoms with Crippen molar-refractivity contribution in [2.75, 3.05) is 26.7 Å². The Kier molecular flexibility index (Phi) is 4.74. The van der Waals surface area contributed by atoms with Gasteiger partial charge in [0.1, 0.15) is 0 Å². The molecule has 4 nitrogen and oxygen atoms in total. The molecule has 1 atom stereocenters. The molecule has 0 aromatic carbocycles. The third kappa shape index (κ3) is 3.19. The van der Waals surface area contributed by atoms with E-state index in [2.05, 4.69) is 5.32 Å². The number of amides is 1. The maximum atomic E-state index is 12.2. The lowest BCUT2D eigenvalue weighted by molar-refractivity contribution is -0.138. The van der Waals surface area contributed by atoms with Crippen molar-refractivity contribution in [3.8, 4) is 0 Å². The van der Waals surface area contributed by atoms with Gasteiger partial charge in [0.15, 0.2) is 0 Å². The number of ether oxygens (including phenoxy) is 1. The molecule has 0 spiro atoms. The van der Waals surface area contributed by atoms with Gasteiger partial charge in [-0.15, -0.1) is 0 Å². The highest BCUT2D eigenvalue weighted by molar-refractivity contribution is 5.85. The highest BCUT2D eigenvalue weighted by Gasteiger charge is 2.31. The SMILES string of the molecule is CCN(CC1CCCO1)C(=O)C(C)(C)NC. The highest BCUT2D eigenvalue weighted by atomic mass is 16.5. The molecule has 1 aliphatic rings. The van der Waals surface area contributed by atoms with Gasteiger partial charge in [-0.25, -0.2) is 0 Å². The molecule has 1 heterocycles. The van der Waals surface area contributed by atoms with Crippen LogP contribution in [-0.2, 0) is 9.53 Å². The second-order valence-electron chi connectivity index (χ2n) is 4.85. The van der Waals surface area contributed by atoms with E-state index in [0.717, 1.165) is 32.5 Å². The zero-order valence-electron chi connectivity index (χ0n) is 10.9. The van der Waals surface area contributed by atoms with Gasteiger partial charge in [0, 0.05) is 19.7 Å². The zero-order valence-corrected chi connectivity index (χ0v) is 10.9. The molecule has 1 fully saturated rings. The molecule has 4 heteroatoms. The van der Waals surface area contributed by atoms with Crippen LogP contribution in [0.25, 0.3) is 0 Å². The normalized spacial score (nSPS) is 21.1. The number of nitrogens with one attached hydrogen (secondary N) is 1. The maximum Gasteiger partial charge on any atom is 0.242 e. The van der Waals surface area contributed by atoms with Crippen LogP contribution >= 0.6 is 0 Å². The average Bonchev–Trinajstić information content (AvgIpc) is 2.77. The summed E-state index contributed by atoms with van der Waals surface area (Å²) < 4.78 is 5.57. The molecule has 1 rings (SSSR count). The summed E-state index contributed by atoms with van der Waals surface area (Å²) in [6.07, 6.45) is 2.42. The van der Waals surface area contributed by atoms with E-state index in [-0.39, 0.29) is 12.0 Å². The minimum atomic E-state index is -0.491. The second-order valence-corrected chi connectivity index (χ2v) is 4.85. The van der Waals surface area contributed by atoms with Crippen LogP contribution in [0.4, 0.5) is 0 Å². The Labute approximate surface area is 98.3 Å². The molecule has 1 N–H and O–H groups in total. The van der Waals surface area contributed by atoms with E-state index in [1.807, 2.05) is 32.7 Å². The van der Waals surface area contributed by atoms with Gasteiger partial charge in [-0.3, -0.25) is 4.79 Å². The summed E-state index contributed by atoms with van der Waals surface area (Å²) in [7, 11) is 1.82. The zero-order chi connectivity index (χ0) is 12.2. The Morgan fingerprint density at radius 1 is 1.56 bits per heavy atom. The van der Waals surface area contributed by atoms with Crippen LogP contribution in [0.3, 0.4) is 0 Å². The predicted molar refractivity (Wildman–Crippen MR) is 64.4 cm³/mol. The van der Waals surface area contributed by atoms with Gasteiger partial charge in [-0.05, 0) is 40.7 Å². The smallest absolute Gasteiger partial charge is 0.242 e. The largest absolute Gasteiger partial charge is 0.376 e. The summed E-state index contributed by atoms with van der Waals surface area (Å²) >= 11 is 0. The molecular formula is C12H24N2O2. The van der Waals surface area contributed by atoms with Crippen molar-refractivity contribution < 1.29 is 9.53 Å². The fourth-order valence-corrected chi connectivity index (χ4v) is 1.89. The van der Waals surface area contributed by atoms with Crippen molar-refractivity contribution in [1.82, 2.24) is 10.2 Å². The molecule has 0 saturated carbocycles. The van der Waals surface area contributed by atoms with Crippen molar-refractivity contribution in [3.05, 3.63) is 0 Å². The van der Waals surface area contributed by atoms with Gasteiger partial charge in [0.2, 0.25) is 5.91 Å². The van der Waals surface area contributed by atoms with E-state index in [1.54, 1.807) is 0 Å². The van der Waals surface area contributed by atoms with Crippen LogP contribution in [0.2, 0.25) is 0 Å². The van der Waals surface area contributed by atoms with Crippen LogP contribution in [0.1, 0.15) is 33.6 Å². The van der Waals surface area contributed by atoms with Crippen molar-refractivity contribution in [3.63, 3.8) is 0 Å². The lowest BCUT2D eigenvalue weighted by atomic mass is 10.0. The van der Waals surface area contributed by atoms with Crippen LogP contribution in [-0.4, -0.2) is 49.2 Å². The molecular weight excluding hydrogens is 204 g/mol. The first-order valence-corrected chi connectivity index (χ1v) is 6.11. The quantitative estimate of drug-likeness (QED) is 0.763. The molecule has 0 bridgehead atoms. The van der Waals surface area contributed by atoms with E-state index >= 15 is 0 Å². The van der Waals surface area contributed by atoms with Gasteiger partial charge in [0.05, 0.1) is 11.6 Å². The molecule has 1 unspecified atom stereocenters. The van der Waals surface area contributed by atoms with Crippen LogP contribution < -0.4 is 5.32 Å². The molecule has 94 valence electrons. The number of carbonyl (C=O) groups excluding carboxylic acids is 1. The average molecular weight is 228 g/mol. The van der Waals surface area contributed by atoms with Crippen molar-refractivity contribution in [2.45, 2.75) is 45.3 Å². The van der Waals surface area contributed by atoms with E-state index < -0.39 is 5.54 Å². The Bertz CT molecular complexity index is 235. The monoisotopic (exact) mass is 228 g/mol. The van der Waals surface area contributed by atoms with Gasteiger partial charge >= 0.3 is 0 Å². The summed E-state index contributed by atoms with van der Waals surface area (Å²) in [4.78, 5) is 14.1. The van der Waals surface area contributed by atoms with Crippen molar-refractivity contribution >= 4 is 5.91 Å². The molecule has 16 heavy (non-hydrogen) atoms. The lowest BCUT2D eigenvalue weighted by Crippen LogP contribution is -2.54.